The van der Waals surface area contributed by atoms with Gasteiger partial charge in [0.2, 0.25) is 5.91 Å². The lowest BCUT2D eigenvalue weighted by Crippen LogP contribution is -2.53. The Kier molecular flexibility index (Phi) is 17.0. The number of carbonyl (C=O) groups excluding carboxylic acids is 4. The fraction of sp³-hybridized carbons (Fsp3) is 0.480. The topological polar surface area (TPSA) is 156 Å². The van der Waals surface area contributed by atoms with E-state index < -0.39 is 37.8 Å². The molecule has 0 atom stereocenters. The zero-order chi connectivity index (χ0) is 48.3. The molecule has 1 N–H and O–H groups in total. The molecule has 1 fully saturated rings. The predicted octanol–water partition coefficient (Wildman–Crippen LogP) is 9.79. The molecular weight excluding hydrogens is 855 g/mol. The molecule has 4 aromatic rings. The minimum absolute atomic E-state index is 0.0650. The van der Waals surface area contributed by atoms with Crippen LogP contribution < -0.4 is 10.2 Å². The van der Waals surface area contributed by atoms with Gasteiger partial charge in [0, 0.05) is 58.1 Å². The maximum atomic E-state index is 13.7. The van der Waals surface area contributed by atoms with Gasteiger partial charge < -0.3 is 33.8 Å². The van der Waals surface area contributed by atoms with E-state index in [4.69, 9.17) is 23.6 Å². The number of pyridine rings is 2. The summed E-state index contributed by atoms with van der Waals surface area (Å²) in [5.74, 6) is 0.787. The lowest BCUT2D eigenvalue weighted by Gasteiger charge is -2.36. The summed E-state index contributed by atoms with van der Waals surface area (Å²) in [6.07, 6.45) is 2.50. The summed E-state index contributed by atoms with van der Waals surface area (Å²) in [7, 11) is -2.00. The van der Waals surface area contributed by atoms with Crippen LogP contribution in [0.25, 0.3) is 0 Å². The average molecular weight is 924 g/mol. The molecular formula is C50H69N7O8Si. The number of amides is 4. The fourth-order valence-electron chi connectivity index (χ4n) is 6.52. The molecule has 1 saturated heterocycles. The first-order valence-electron chi connectivity index (χ1n) is 22.6. The van der Waals surface area contributed by atoms with Crippen LogP contribution in [-0.4, -0.2) is 114 Å². The second-order valence-corrected chi connectivity index (χ2v) is 24.8. The number of nitrogens with one attached hydrogen (secondary N) is 1. The fourth-order valence-corrected chi connectivity index (χ4v) is 7.48. The summed E-state index contributed by atoms with van der Waals surface area (Å²) in [6.45, 7) is 24.1. The summed E-state index contributed by atoms with van der Waals surface area (Å²) >= 11 is 0. The molecule has 0 unspecified atom stereocenters. The number of nitrogens with zero attached hydrogens (tertiary/aromatic N) is 6. The van der Waals surface area contributed by atoms with E-state index in [1.165, 1.54) is 9.80 Å². The van der Waals surface area contributed by atoms with Crippen LogP contribution in [0.3, 0.4) is 0 Å². The van der Waals surface area contributed by atoms with Gasteiger partial charge in [-0.3, -0.25) is 9.69 Å². The van der Waals surface area contributed by atoms with Crippen LogP contribution in [0.1, 0.15) is 84.6 Å². The van der Waals surface area contributed by atoms with Crippen molar-refractivity contribution in [3.8, 4) is 0 Å². The first-order valence-corrected chi connectivity index (χ1v) is 25.5. The predicted molar refractivity (Wildman–Crippen MR) is 259 cm³/mol. The van der Waals surface area contributed by atoms with Crippen LogP contribution in [0, 0.1) is 0 Å². The lowest BCUT2D eigenvalue weighted by atomic mass is 10.1. The molecule has 356 valence electrons. The maximum Gasteiger partial charge on any atom is 0.420 e. The van der Waals surface area contributed by atoms with Crippen LogP contribution >= 0.6 is 0 Å². The van der Waals surface area contributed by atoms with Gasteiger partial charge in [-0.2, -0.15) is 0 Å². The molecule has 4 amide bonds. The molecule has 66 heavy (non-hydrogen) atoms. The number of anilines is 3. The van der Waals surface area contributed by atoms with Crippen LogP contribution in [0.2, 0.25) is 18.1 Å². The van der Waals surface area contributed by atoms with Gasteiger partial charge in [-0.05, 0) is 106 Å². The summed E-state index contributed by atoms with van der Waals surface area (Å²) in [5.41, 5.74) is 2.86. The quantitative estimate of drug-likeness (QED) is 0.0895. The highest BCUT2D eigenvalue weighted by atomic mass is 28.4. The molecule has 0 saturated carbocycles. The van der Waals surface area contributed by atoms with Gasteiger partial charge in [0.25, 0.3) is 0 Å². The Morgan fingerprint density at radius 3 is 1.88 bits per heavy atom. The molecule has 16 heteroatoms. The van der Waals surface area contributed by atoms with Crippen molar-refractivity contribution in [2.24, 2.45) is 0 Å². The highest BCUT2D eigenvalue weighted by molar-refractivity contribution is 6.74. The minimum atomic E-state index is -2.00. The van der Waals surface area contributed by atoms with Crippen molar-refractivity contribution in [2.75, 3.05) is 56.0 Å². The Morgan fingerprint density at radius 2 is 1.29 bits per heavy atom. The van der Waals surface area contributed by atoms with E-state index in [1.807, 2.05) is 99.6 Å². The zero-order valence-electron chi connectivity index (χ0n) is 40.7. The van der Waals surface area contributed by atoms with E-state index in [2.05, 4.69) is 44.2 Å². The number of ether oxygens (including phenoxy) is 3. The summed E-state index contributed by atoms with van der Waals surface area (Å²) in [6, 6.07) is 24.7. The van der Waals surface area contributed by atoms with Crippen molar-refractivity contribution >= 4 is 49.8 Å². The Bertz CT molecular complexity index is 2230. The monoisotopic (exact) mass is 923 g/mol. The molecule has 2 aromatic heterocycles. The van der Waals surface area contributed by atoms with Crippen molar-refractivity contribution in [3.05, 3.63) is 114 Å². The lowest BCUT2D eigenvalue weighted by molar-refractivity contribution is -0.134. The van der Waals surface area contributed by atoms with E-state index in [-0.39, 0.29) is 30.6 Å². The van der Waals surface area contributed by atoms with Gasteiger partial charge in [0.15, 0.2) is 8.32 Å². The number of rotatable bonds is 15. The molecule has 3 heterocycles. The largest absolute Gasteiger partial charge is 0.445 e. The van der Waals surface area contributed by atoms with Gasteiger partial charge in [-0.1, -0.05) is 75.4 Å². The number of carbonyl (C=O) groups is 4. The molecule has 0 bridgehead atoms. The van der Waals surface area contributed by atoms with Gasteiger partial charge >= 0.3 is 18.3 Å². The smallest absolute Gasteiger partial charge is 0.420 e. The van der Waals surface area contributed by atoms with Crippen molar-refractivity contribution in [2.45, 2.75) is 111 Å². The molecule has 15 nitrogen and oxygen atoms in total. The second-order valence-electron chi connectivity index (χ2n) is 20.0. The summed E-state index contributed by atoms with van der Waals surface area (Å²) < 4.78 is 23.4. The van der Waals surface area contributed by atoms with Crippen molar-refractivity contribution in [1.29, 1.82) is 0 Å². The standard InChI is InChI=1S/C50H69N7O8Si/c1-48(2,3)64-46(60)56(34-44(58)54-26-28-55(29-27-54)45(59)62-35-37-16-13-12-14-17-37)25-24-51-42-22-20-38(32-52-42)30-39-21-23-43(53-33-39)57(47(61)65-49(4,5)6)41-19-15-18-40(31-41)36-63-66(10,11)50(7,8)9/h12-23,31-33H,24-30,34-36H2,1-11H3,(H,51,52). The number of benzene rings is 2. The highest BCUT2D eigenvalue weighted by Gasteiger charge is 2.37. The molecule has 5 rings (SSSR count). The SMILES string of the molecule is CC(C)(C)OC(=O)N(CCNc1ccc(Cc2ccc(N(C(=O)OC(C)(C)C)c3cccc(CO[Si](C)(C)C(C)(C)C)c3)nc2)cn1)CC(=O)N1CCN(C(=O)OCc2ccccc2)CC1. The molecule has 0 spiro atoms. The van der Waals surface area contributed by atoms with Crippen LogP contribution in [0.15, 0.2) is 91.3 Å². The van der Waals surface area contributed by atoms with Crippen LogP contribution in [0.4, 0.5) is 31.7 Å². The summed E-state index contributed by atoms with van der Waals surface area (Å²) in [5, 5.41) is 3.32. The third-order valence-electron chi connectivity index (χ3n) is 11.2. The molecule has 1 aliphatic heterocycles. The van der Waals surface area contributed by atoms with Gasteiger partial charge in [-0.25, -0.2) is 29.3 Å². The second kappa shape index (κ2) is 22.0. The number of piperazine rings is 1. The van der Waals surface area contributed by atoms with E-state index >= 15 is 0 Å². The third-order valence-corrected chi connectivity index (χ3v) is 15.7. The minimum Gasteiger partial charge on any atom is -0.445 e. The van der Waals surface area contributed by atoms with E-state index in [0.717, 1.165) is 22.3 Å². The van der Waals surface area contributed by atoms with Crippen LogP contribution in [-0.2, 0) is 43.1 Å². The van der Waals surface area contributed by atoms with Crippen molar-refractivity contribution in [1.82, 2.24) is 24.7 Å². The van der Waals surface area contributed by atoms with E-state index in [9.17, 15) is 19.2 Å². The number of aromatic nitrogens is 2. The zero-order valence-corrected chi connectivity index (χ0v) is 41.7. The normalized spacial score (nSPS) is 13.4. The van der Waals surface area contributed by atoms with E-state index in [1.54, 1.807) is 43.0 Å². The number of hydrogen-bond acceptors (Lipinski definition) is 11. The van der Waals surface area contributed by atoms with Gasteiger partial charge in [-0.15, -0.1) is 0 Å². The van der Waals surface area contributed by atoms with Crippen molar-refractivity contribution in [3.63, 3.8) is 0 Å². The Hall–Kier alpha value is -6.00. The van der Waals surface area contributed by atoms with E-state index in [0.29, 0.717) is 63.1 Å². The average Bonchev–Trinajstić information content (AvgIpc) is 3.24. The molecule has 1 aliphatic rings. The Morgan fingerprint density at radius 1 is 0.682 bits per heavy atom. The first-order chi connectivity index (χ1) is 31.0. The molecule has 2 aromatic carbocycles. The van der Waals surface area contributed by atoms with Gasteiger partial charge in [0.05, 0.1) is 12.3 Å². The third kappa shape index (κ3) is 15.6. The maximum absolute atomic E-state index is 13.7. The first kappa shape index (κ1) is 51.0. The van der Waals surface area contributed by atoms with Crippen molar-refractivity contribution < 1.29 is 37.8 Å². The molecule has 0 aliphatic carbocycles. The summed E-state index contributed by atoms with van der Waals surface area (Å²) in [4.78, 5) is 68.5. The van der Waals surface area contributed by atoms with Crippen LogP contribution in [0.5, 0.6) is 0 Å². The van der Waals surface area contributed by atoms with Gasteiger partial charge in [0.1, 0.15) is 36.0 Å². The highest BCUT2D eigenvalue weighted by Crippen LogP contribution is 2.37. The number of hydrogen-bond donors (Lipinski definition) is 1. The Balaban J connectivity index is 1.16. The Labute approximate surface area is 391 Å². The molecule has 0 radical (unpaired) electrons.